The van der Waals surface area contributed by atoms with Crippen molar-refractivity contribution in [3.05, 3.63) is 63.6 Å². The molecule has 0 saturated carbocycles. The Morgan fingerprint density at radius 1 is 1.15 bits per heavy atom. The smallest absolute Gasteiger partial charge is 0.242 e. The SMILES string of the molecule is Cl.O=S(=O)(NC(CN1CCOCC1)c1ccccc1)c1ccc(Br)cc1Cl. The maximum absolute atomic E-state index is 12.9. The third-order valence-corrected chi connectivity index (χ3v) is 6.68. The van der Waals surface area contributed by atoms with Gasteiger partial charge in [-0.3, -0.25) is 4.90 Å². The van der Waals surface area contributed by atoms with Crippen LogP contribution in [0, 0.1) is 0 Å². The second-order valence-electron chi connectivity index (χ2n) is 6.07. The summed E-state index contributed by atoms with van der Waals surface area (Å²) in [6.45, 7) is 3.45. The summed E-state index contributed by atoms with van der Waals surface area (Å²) in [4.78, 5) is 2.28. The monoisotopic (exact) mass is 494 g/mol. The predicted octanol–water partition coefficient (Wildman–Crippen LogP) is 3.88. The van der Waals surface area contributed by atoms with Gasteiger partial charge in [-0.25, -0.2) is 13.1 Å². The molecule has 0 aromatic heterocycles. The molecule has 1 N–H and O–H groups in total. The van der Waals surface area contributed by atoms with E-state index in [4.69, 9.17) is 16.3 Å². The van der Waals surface area contributed by atoms with Gasteiger partial charge in [0.15, 0.2) is 0 Å². The first-order valence-corrected chi connectivity index (χ1v) is 10.9. The normalized spacial score (nSPS) is 16.5. The number of nitrogens with one attached hydrogen (secondary N) is 1. The zero-order valence-electron chi connectivity index (χ0n) is 14.5. The molecule has 0 aliphatic carbocycles. The Labute approximate surface area is 179 Å². The third-order valence-electron chi connectivity index (χ3n) is 4.23. The van der Waals surface area contributed by atoms with E-state index in [0.717, 1.165) is 23.1 Å². The first-order chi connectivity index (χ1) is 12.5. The van der Waals surface area contributed by atoms with Crippen LogP contribution in [0.5, 0.6) is 0 Å². The van der Waals surface area contributed by atoms with E-state index in [9.17, 15) is 8.42 Å². The lowest BCUT2D eigenvalue weighted by Crippen LogP contribution is -2.43. The largest absolute Gasteiger partial charge is 0.379 e. The van der Waals surface area contributed by atoms with Crippen molar-refractivity contribution in [1.82, 2.24) is 9.62 Å². The molecular formula is C18H21BrCl2N2O3S. The fourth-order valence-corrected chi connectivity index (χ4v) is 5.14. The molecule has 27 heavy (non-hydrogen) atoms. The Morgan fingerprint density at radius 2 is 1.81 bits per heavy atom. The van der Waals surface area contributed by atoms with Crippen LogP contribution in [0.15, 0.2) is 57.9 Å². The van der Waals surface area contributed by atoms with Crippen molar-refractivity contribution in [2.45, 2.75) is 10.9 Å². The van der Waals surface area contributed by atoms with Gasteiger partial charge in [0.05, 0.1) is 24.3 Å². The van der Waals surface area contributed by atoms with Crippen molar-refractivity contribution in [2.75, 3.05) is 32.8 Å². The van der Waals surface area contributed by atoms with Gasteiger partial charge in [0.25, 0.3) is 0 Å². The van der Waals surface area contributed by atoms with Crippen LogP contribution < -0.4 is 4.72 Å². The summed E-state index contributed by atoms with van der Waals surface area (Å²) in [5.41, 5.74) is 0.913. The van der Waals surface area contributed by atoms with Crippen molar-refractivity contribution >= 4 is 50.0 Å². The minimum Gasteiger partial charge on any atom is -0.379 e. The van der Waals surface area contributed by atoms with Crippen molar-refractivity contribution < 1.29 is 13.2 Å². The van der Waals surface area contributed by atoms with E-state index in [1.54, 1.807) is 12.1 Å². The molecule has 9 heteroatoms. The second kappa shape index (κ2) is 10.2. The van der Waals surface area contributed by atoms with Crippen LogP contribution in [0.3, 0.4) is 0 Å². The number of nitrogens with zero attached hydrogens (tertiary/aromatic N) is 1. The molecule has 0 spiro atoms. The summed E-state index contributed by atoms with van der Waals surface area (Å²) in [7, 11) is -3.77. The van der Waals surface area contributed by atoms with Gasteiger partial charge in [-0.1, -0.05) is 57.9 Å². The molecular weight excluding hydrogens is 475 g/mol. The number of hydrogen-bond donors (Lipinski definition) is 1. The predicted molar refractivity (Wildman–Crippen MR) is 113 cm³/mol. The highest BCUT2D eigenvalue weighted by atomic mass is 79.9. The molecule has 2 aromatic carbocycles. The molecule has 1 fully saturated rings. The van der Waals surface area contributed by atoms with Crippen LogP contribution in [0.4, 0.5) is 0 Å². The summed E-state index contributed by atoms with van der Waals surface area (Å²) in [6.07, 6.45) is 0. The molecule has 1 aliphatic rings. The van der Waals surface area contributed by atoms with Crippen LogP contribution in [-0.4, -0.2) is 46.2 Å². The van der Waals surface area contributed by atoms with Gasteiger partial charge in [-0.2, -0.15) is 0 Å². The van der Waals surface area contributed by atoms with E-state index in [1.165, 1.54) is 6.07 Å². The van der Waals surface area contributed by atoms with Crippen LogP contribution in [0.1, 0.15) is 11.6 Å². The van der Waals surface area contributed by atoms with E-state index in [-0.39, 0.29) is 28.4 Å². The van der Waals surface area contributed by atoms with Crippen molar-refractivity contribution in [3.63, 3.8) is 0 Å². The van der Waals surface area contributed by atoms with Crippen molar-refractivity contribution in [2.24, 2.45) is 0 Å². The maximum atomic E-state index is 12.9. The minimum absolute atomic E-state index is 0. The Kier molecular flexibility index (Phi) is 8.55. The van der Waals surface area contributed by atoms with Gasteiger partial charge in [0.1, 0.15) is 4.90 Å². The summed E-state index contributed by atoms with van der Waals surface area (Å²) < 4.78 is 34.8. The van der Waals surface area contributed by atoms with Gasteiger partial charge in [0.2, 0.25) is 10.0 Å². The maximum Gasteiger partial charge on any atom is 0.242 e. The molecule has 1 aliphatic heterocycles. The Balaban J connectivity index is 0.00000261. The molecule has 5 nitrogen and oxygen atoms in total. The summed E-state index contributed by atoms with van der Waals surface area (Å²) in [5.74, 6) is 0. The molecule has 0 amide bonds. The van der Waals surface area contributed by atoms with E-state index in [0.29, 0.717) is 19.8 Å². The number of ether oxygens (including phenoxy) is 1. The fourth-order valence-electron chi connectivity index (χ4n) is 2.88. The zero-order chi connectivity index (χ0) is 18.6. The molecule has 1 unspecified atom stereocenters. The van der Waals surface area contributed by atoms with Crippen LogP contribution in [-0.2, 0) is 14.8 Å². The summed E-state index contributed by atoms with van der Waals surface area (Å²) in [5, 5.41) is 0.185. The summed E-state index contributed by atoms with van der Waals surface area (Å²) >= 11 is 9.46. The molecule has 2 aromatic rings. The molecule has 148 valence electrons. The molecule has 1 atom stereocenters. The topological polar surface area (TPSA) is 58.6 Å². The molecule has 1 saturated heterocycles. The van der Waals surface area contributed by atoms with E-state index < -0.39 is 10.0 Å². The lowest BCUT2D eigenvalue weighted by molar-refractivity contribution is 0.0345. The average molecular weight is 496 g/mol. The summed E-state index contributed by atoms with van der Waals surface area (Å²) in [6, 6.07) is 14.0. The number of hydrogen-bond acceptors (Lipinski definition) is 4. The quantitative estimate of drug-likeness (QED) is 0.660. The number of rotatable bonds is 6. The lowest BCUT2D eigenvalue weighted by Gasteiger charge is -2.31. The Bertz CT molecular complexity index is 847. The van der Waals surface area contributed by atoms with Gasteiger partial charge in [-0.15, -0.1) is 12.4 Å². The number of morpholine rings is 1. The van der Waals surface area contributed by atoms with Gasteiger partial charge >= 0.3 is 0 Å². The van der Waals surface area contributed by atoms with Crippen molar-refractivity contribution in [3.8, 4) is 0 Å². The number of sulfonamides is 1. The fraction of sp³-hybridized carbons (Fsp3) is 0.333. The average Bonchev–Trinajstić information content (AvgIpc) is 2.62. The van der Waals surface area contributed by atoms with Gasteiger partial charge < -0.3 is 4.74 Å². The van der Waals surface area contributed by atoms with E-state index in [2.05, 4.69) is 25.6 Å². The standard InChI is InChI=1S/C18H20BrClN2O3S.ClH/c19-15-6-7-18(16(20)12-15)26(23,24)21-17(14-4-2-1-3-5-14)13-22-8-10-25-11-9-22;/h1-7,12,17,21H,8-11,13H2;1H. The Morgan fingerprint density at radius 3 is 2.44 bits per heavy atom. The highest BCUT2D eigenvalue weighted by Crippen LogP contribution is 2.27. The number of benzene rings is 2. The van der Waals surface area contributed by atoms with Gasteiger partial charge in [0, 0.05) is 24.1 Å². The molecule has 0 bridgehead atoms. The minimum atomic E-state index is -3.77. The molecule has 1 heterocycles. The Hall–Kier alpha value is -0.670. The van der Waals surface area contributed by atoms with Crippen LogP contribution >= 0.6 is 39.9 Å². The highest BCUT2D eigenvalue weighted by Gasteiger charge is 2.26. The third kappa shape index (κ3) is 6.15. The van der Waals surface area contributed by atoms with Gasteiger partial charge in [-0.05, 0) is 23.8 Å². The zero-order valence-corrected chi connectivity index (χ0v) is 18.5. The molecule has 3 rings (SSSR count). The first-order valence-electron chi connectivity index (χ1n) is 8.28. The highest BCUT2D eigenvalue weighted by molar-refractivity contribution is 9.10. The van der Waals surface area contributed by atoms with Crippen molar-refractivity contribution in [1.29, 1.82) is 0 Å². The van der Waals surface area contributed by atoms with Crippen LogP contribution in [0.25, 0.3) is 0 Å². The first kappa shape index (κ1) is 22.6. The van der Waals surface area contributed by atoms with E-state index >= 15 is 0 Å². The number of halogens is 3. The van der Waals surface area contributed by atoms with Crippen LogP contribution in [0.2, 0.25) is 5.02 Å². The second-order valence-corrected chi connectivity index (χ2v) is 9.08. The molecule has 0 radical (unpaired) electrons. The lowest BCUT2D eigenvalue weighted by atomic mass is 10.1. The van der Waals surface area contributed by atoms with E-state index in [1.807, 2.05) is 30.3 Å².